The van der Waals surface area contributed by atoms with Crippen molar-refractivity contribution in [3.63, 3.8) is 0 Å². The van der Waals surface area contributed by atoms with Crippen LogP contribution >= 0.6 is 23.2 Å². The number of nitrogens with zero attached hydrogens (tertiary/aromatic N) is 1. The monoisotopic (exact) mass is 510 g/mol. The van der Waals surface area contributed by atoms with Gasteiger partial charge < -0.3 is 9.47 Å². The van der Waals surface area contributed by atoms with E-state index in [-0.39, 0.29) is 17.9 Å². The molecule has 1 aliphatic heterocycles. The zero-order valence-electron chi connectivity index (χ0n) is 18.8. The van der Waals surface area contributed by atoms with Crippen molar-refractivity contribution in [2.45, 2.75) is 13.5 Å². The lowest BCUT2D eigenvalue weighted by molar-refractivity contribution is -0.122. The highest BCUT2D eigenvalue weighted by Crippen LogP contribution is 2.32. The molecule has 0 saturated carbocycles. The summed E-state index contributed by atoms with van der Waals surface area (Å²) >= 11 is 12.4. The second kappa shape index (κ2) is 10.2. The van der Waals surface area contributed by atoms with Crippen molar-refractivity contribution in [1.82, 2.24) is 5.32 Å². The van der Waals surface area contributed by atoms with Crippen LogP contribution < -0.4 is 19.7 Å². The molecule has 1 N–H and O–H groups in total. The van der Waals surface area contributed by atoms with Gasteiger partial charge in [-0.2, -0.15) is 0 Å². The van der Waals surface area contributed by atoms with Gasteiger partial charge in [0.15, 0.2) is 0 Å². The number of carbonyl (C=O) groups excluding carboxylic acids is 3. The van der Waals surface area contributed by atoms with Crippen LogP contribution in [0.1, 0.15) is 16.7 Å². The van der Waals surface area contributed by atoms with E-state index in [2.05, 4.69) is 5.32 Å². The molecule has 1 fully saturated rings. The summed E-state index contributed by atoms with van der Waals surface area (Å²) in [6.07, 6.45) is 1.37. The van der Waals surface area contributed by atoms with Gasteiger partial charge in [-0.3, -0.25) is 14.9 Å². The molecule has 9 heteroatoms. The molecule has 0 bridgehead atoms. The van der Waals surface area contributed by atoms with Crippen LogP contribution in [0, 0.1) is 6.92 Å². The average Bonchev–Trinajstić information content (AvgIpc) is 2.84. The lowest BCUT2D eigenvalue weighted by Gasteiger charge is -2.28. The van der Waals surface area contributed by atoms with E-state index in [1.54, 1.807) is 49.4 Å². The van der Waals surface area contributed by atoms with Crippen LogP contribution in [0.25, 0.3) is 6.08 Å². The van der Waals surface area contributed by atoms with Gasteiger partial charge in [0.1, 0.15) is 23.7 Å². The molecular weight excluding hydrogens is 491 g/mol. The number of anilines is 1. The Morgan fingerprint density at radius 1 is 0.971 bits per heavy atom. The number of methoxy groups -OCH3 is 1. The first-order valence-electron chi connectivity index (χ1n) is 10.5. The fourth-order valence-electron chi connectivity index (χ4n) is 3.53. The third-order valence-corrected chi connectivity index (χ3v) is 6.22. The largest absolute Gasteiger partial charge is 0.497 e. The minimum absolute atomic E-state index is 0.148. The zero-order chi connectivity index (χ0) is 25.1. The quantitative estimate of drug-likeness (QED) is 0.346. The molecule has 35 heavy (non-hydrogen) atoms. The summed E-state index contributed by atoms with van der Waals surface area (Å²) < 4.78 is 11.3. The van der Waals surface area contributed by atoms with Gasteiger partial charge in [-0.1, -0.05) is 47.5 Å². The number of ether oxygens (including phenoxy) is 2. The van der Waals surface area contributed by atoms with Crippen molar-refractivity contribution < 1.29 is 23.9 Å². The second-order valence-electron chi connectivity index (χ2n) is 7.63. The predicted octanol–water partition coefficient (Wildman–Crippen LogP) is 5.56. The van der Waals surface area contributed by atoms with Crippen LogP contribution in [0.2, 0.25) is 10.0 Å². The number of nitrogens with one attached hydrogen (secondary N) is 1. The van der Waals surface area contributed by atoms with Crippen molar-refractivity contribution in [3.05, 3.63) is 93.0 Å². The Morgan fingerprint density at radius 2 is 1.71 bits per heavy atom. The normalized spacial score (nSPS) is 14.8. The summed E-state index contributed by atoms with van der Waals surface area (Å²) in [7, 11) is 1.51. The van der Waals surface area contributed by atoms with Gasteiger partial charge in [0.25, 0.3) is 11.8 Å². The maximum atomic E-state index is 13.3. The Morgan fingerprint density at radius 3 is 2.46 bits per heavy atom. The number of barbiturate groups is 1. The smallest absolute Gasteiger partial charge is 0.335 e. The van der Waals surface area contributed by atoms with E-state index in [0.29, 0.717) is 32.7 Å². The molecule has 4 amide bonds. The summed E-state index contributed by atoms with van der Waals surface area (Å²) in [5.74, 6) is -0.715. The average molecular weight is 511 g/mol. The predicted molar refractivity (Wildman–Crippen MR) is 134 cm³/mol. The first kappa shape index (κ1) is 24.3. The van der Waals surface area contributed by atoms with Crippen LogP contribution in [0.15, 0.2) is 66.2 Å². The van der Waals surface area contributed by atoms with E-state index in [1.165, 1.54) is 13.2 Å². The summed E-state index contributed by atoms with van der Waals surface area (Å²) in [6, 6.07) is 16.2. The summed E-state index contributed by atoms with van der Waals surface area (Å²) in [5.41, 5.74) is 1.77. The molecule has 4 rings (SSSR count). The molecule has 0 radical (unpaired) electrons. The molecule has 0 aliphatic carbocycles. The Kier molecular flexibility index (Phi) is 7.10. The van der Waals surface area contributed by atoms with Crippen molar-refractivity contribution >= 4 is 52.8 Å². The third-order valence-electron chi connectivity index (χ3n) is 5.44. The number of benzene rings is 3. The van der Waals surface area contributed by atoms with Crippen LogP contribution in [-0.2, 0) is 16.2 Å². The number of urea groups is 1. The minimum atomic E-state index is -0.854. The molecule has 0 atom stereocenters. The molecule has 0 aromatic heterocycles. The minimum Gasteiger partial charge on any atom is -0.497 e. The lowest BCUT2D eigenvalue weighted by atomic mass is 10.0. The van der Waals surface area contributed by atoms with Crippen LogP contribution in [0.3, 0.4) is 0 Å². The van der Waals surface area contributed by atoms with E-state index < -0.39 is 17.8 Å². The Bertz CT molecular complexity index is 1370. The Hall–Kier alpha value is -3.81. The maximum absolute atomic E-state index is 13.3. The summed E-state index contributed by atoms with van der Waals surface area (Å²) in [4.78, 5) is 39.4. The van der Waals surface area contributed by atoms with Gasteiger partial charge in [-0.15, -0.1) is 0 Å². The number of imide groups is 2. The zero-order valence-corrected chi connectivity index (χ0v) is 20.3. The molecule has 0 unspecified atom stereocenters. The summed E-state index contributed by atoms with van der Waals surface area (Å²) in [6.45, 7) is 1.83. The molecular formula is C26H20Cl2N2O5. The lowest BCUT2D eigenvalue weighted by Crippen LogP contribution is -2.54. The van der Waals surface area contributed by atoms with E-state index in [4.69, 9.17) is 32.7 Å². The summed E-state index contributed by atoms with van der Waals surface area (Å²) in [5, 5.41) is 3.15. The Balaban J connectivity index is 1.72. The number of carbonyl (C=O) groups is 3. The molecule has 1 aliphatic rings. The van der Waals surface area contributed by atoms with Crippen LogP contribution in [-0.4, -0.2) is 25.0 Å². The van der Waals surface area contributed by atoms with Crippen LogP contribution in [0.5, 0.6) is 11.5 Å². The molecule has 178 valence electrons. The van der Waals surface area contributed by atoms with Gasteiger partial charge in [0, 0.05) is 27.2 Å². The topological polar surface area (TPSA) is 84.9 Å². The van der Waals surface area contributed by atoms with Gasteiger partial charge >= 0.3 is 6.03 Å². The second-order valence-corrected chi connectivity index (χ2v) is 8.44. The van der Waals surface area contributed by atoms with E-state index >= 15 is 0 Å². The fourth-order valence-corrected chi connectivity index (χ4v) is 3.89. The van der Waals surface area contributed by atoms with Gasteiger partial charge in [-0.25, -0.2) is 9.69 Å². The van der Waals surface area contributed by atoms with E-state index in [0.717, 1.165) is 10.5 Å². The number of hydrogen-bond acceptors (Lipinski definition) is 5. The number of amides is 4. The molecule has 3 aromatic rings. The first-order chi connectivity index (χ1) is 16.8. The van der Waals surface area contributed by atoms with Gasteiger partial charge in [-0.05, 0) is 48.9 Å². The highest BCUT2D eigenvalue weighted by Gasteiger charge is 2.37. The molecule has 1 saturated heterocycles. The molecule has 0 spiro atoms. The first-order valence-corrected chi connectivity index (χ1v) is 11.3. The SMILES string of the molecule is COc1ccc(/C=C2\C(=O)NC(=O)N(c3cccc(Cl)c3C)C2=O)c(OCc2ccccc2Cl)c1. The van der Waals surface area contributed by atoms with Crippen molar-refractivity contribution in [3.8, 4) is 11.5 Å². The molecule has 3 aromatic carbocycles. The highest BCUT2D eigenvalue weighted by molar-refractivity contribution is 6.40. The van der Waals surface area contributed by atoms with Crippen molar-refractivity contribution in [1.29, 1.82) is 0 Å². The van der Waals surface area contributed by atoms with Gasteiger partial charge in [0.2, 0.25) is 0 Å². The number of halogens is 2. The van der Waals surface area contributed by atoms with Crippen molar-refractivity contribution in [2.24, 2.45) is 0 Å². The van der Waals surface area contributed by atoms with Crippen molar-refractivity contribution in [2.75, 3.05) is 12.0 Å². The standard InChI is InChI=1S/C26H20Cl2N2O5/c1-15-20(27)8-5-9-22(15)30-25(32)19(24(31)29-26(30)33)12-16-10-11-18(34-2)13-23(16)35-14-17-6-3-4-7-21(17)28/h3-13H,14H2,1-2H3,(H,29,31,33)/b19-12+. The number of hydrogen-bond donors (Lipinski definition) is 1. The third kappa shape index (κ3) is 5.01. The maximum Gasteiger partial charge on any atom is 0.335 e. The number of rotatable bonds is 6. The van der Waals surface area contributed by atoms with E-state index in [9.17, 15) is 14.4 Å². The molecule has 7 nitrogen and oxygen atoms in total. The highest BCUT2D eigenvalue weighted by atomic mass is 35.5. The van der Waals surface area contributed by atoms with Gasteiger partial charge in [0.05, 0.1) is 12.8 Å². The molecule has 1 heterocycles. The van der Waals surface area contributed by atoms with E-state index in [1.807, 2.05) is 18.2 Å². The Labute approximate surface area is 211 Å². The fraction of sp³-hybridized carbons (Fsp3) is 0.115. The van der Waals surface area contributed by atoms with Crippen LogP contribution in [0.4, 0.5) is 10.5 Å².